The number of carboxylic acid groups (broad SMARTS) is 1. The van der Waals surface area contributed by atoms with Gasteiger partial charge in [-0.2, -0.15) is 5.10 Å². The molecule has 8 heteroatoms. The summed E-state index contributed by atoms with van der Waals surface area (Å²) in [5.74, 6) is 3.61. The largest absolute Gasteiger partial charge is 0.482 e. The Kier molecular flexibility index (Phi) is 7.47. The molecule has 29 heavy (non-hydrogen) atoms. The number of amides is 1. The molecule has 0 radical (unpaired) electrons. The standard InChI is InChI=1S/C21H23N3O5/c1-13(2)19(24-21(28)16-5-3-14(4-6-16)11-23-22)20(27)15-7-9-17(10-8-15)29-12-18(25)26/h3-11,13,19H,12,22H2,1-2H3,(H,24,28)(H,25,26)/t19-/m0/s1. The summed E-state index contributed by atoms with van der Waals surface area (Å²) in [4.78, 5) is 36.0. The number of carbonyl (C=O) groups is 3. The van der Waals surface area contributed by atoms with Gasteiger partial charge in [-0.15, -0.1) is 0 Å². The van der Waals surface area contributed by atoms with Crippen molar-refractivity contribution in [1.29, 1.82) is 0 Å². The van der Waals surface area contributed by atoms with E-state index >= 15 is 0 Å². The summed E-state index contributed by atoms with van der Waals surface area (Å²) in [6, 6.07) is 12.1. The predicted molar refractivity (Wildman–Crippen MR) is 108 cm³/mol. The van der Waals surface area contributed by atoms with Gasteiger partial charge in [0.25, 0.3) is 5.91 Å². The van der Waals surface area contributed by atoms with Crippen molar-refractivity contribution < 1.29 is 24.2 Å². The van der Waals surface area contributed by atoms with Crippen molar-refractivity contribution in [2.24, 2.45) is 16.9 Å². The molecule has 0 spiro atoms. The maximum absolute atomic E-state index is 12.9. The van der Waals surface area contributed by atoms with Crippen LogP contribution in [-0.4, -0.2) is 41.6 Å². The predicted octanol–water partition coefficient (Wildman–Crippen LogP) is 2.08. The van der Waals surface area contributed by atoms with Gasteiger partial charge in [-0.3, -0.25) is 9.59 Å². The molecule has 0 saturated carbocycles. The molecule has 8 nitrogen and oxygen atoms in total. The van der Waals surface area contributed by atoms with Crippen LogP contribution in [-0.2, 0) is 4.79 Å². The highest BCUT2D eigenvalue weighted by Crippen LogP contribution is 2.16. The summed E-state index contributed by atoms with van der Waals surface area (Å²) in [6.45, 7) is 3.22. The van der Waals surface area contributed by atoms with Crippen molar-refractivity contribution in [2.75, 3.05) is 6.61 Å². The maximum atomic E-state index is 12.9. The molecule has 1 atom stereocenters. The van der Waals surface area contributed by atoms with Crippen LogP contribution in [0.1, 0.15) is 40.1 Å². The Balaban J connectivity index is 2.10. The van der Waals surface area contributed by atoms with Gasteiger partial charge >= 0.3 is 5.97 Å². The average Bonchev–Trinajstić information content (AvgIpc) is 2.70. The van der Waals surface area contributed by atoms with E-state index in [1.807, 2.05) is 13.8 Å². The van der Waals surface area contributed by atoms with Gasteiger partial charge in [0.15, 0.2) is 12.4 Å². The molecule has 2 rings (SSSR count). The van der Waals surface area contributed by atoms with E-state index in [9.17, 15) is 14.4 Å². The third-order valence-corrected chi connectivity index (χ3v) is 4.13. The van der Waals surface area contributed by atoms with Gasteiger partial charge in [0.2, 0.25) is 0 Å². The number of carbonyl (C=O) groups excluding carboxylic acids is 2. The molecule has 2 aromatic carbocycles. The molecule has 2 aromatic rings. The topological polar surface area (TPSA) is 131 Å². The minimum atomic E-state index is -1.09. The number of rotatable bonds is 9. The number of Topliss-reactive ketones (excluding diaryl/α,β-unsaturated/α-hetero) is 1. The van der Waals surface area contributed by atoms with Crippen LogP contribution in [0.3, 0.4) is 0 Å². The normalized spacial score (nSPS) is 12.0. The number of benzene rings is 2. The van der Waals surface area contributed by atoms with Crippen LogP contribution in [0.25, 0.3) is 0 Å². The van der Waals surface area contributed by atoms with Crippen LogP contribution in [0.2, 0.25) is 0 Å². The minimum absolute atomic E-state index is 0.141. The molecular formula is C21H23N3O5. The third-order valence-electron chi connectivity index (χ3n) is 4.13. The first-order valence-corrected chi connectivity index (χ1v) is 8.95. The number of hydrogen-bond donors (Lipinski definition) is 3. The molecule has 1 amide bonds. The van der Waals surface area contributed by atoms with Gasteiger partial charge in [0.1, 0.15) is 5.75 Å². The van der Waals surface area contributed by atoms with Gasteiger partial charge in [0.05, 0.1) is 12.3 Å². The molecule has 0 heterocycles. The van der Waals surface area contributed by atoms with E-state index in [0.29, 0.717) is 16.9 Å². The lowest BCUT2D eigenvalue weighted by molar-refractivity contribution is -0.139. The molecular weight excluding hydrogens is 374 g/mol. The molecule has 0 aliphatic heterocycles. The second-order valence-corrected chi connectivity index (χ2v) is 6.67. The smallest absolute Gasteiger partial charge is 0.341 e. The van der Waals surface area contributed by atoms with Gasteiger partial charge in [-0.25, -0.2) is 4.79 Å². The van der Waals surface area contributed by atoms with Gasteiger partial charge in [0, 0.05) is 11.1 Å². The highest BCUT2D eigenvalue weighted by Gasteiger charge is 2.25. The van der Waals surface area contributed by atoms with Crippen molar-refractivity contribution in [2.45, 2.75) is 19.9 Å². The first-order chi connectivity index (χ1) is 13.8. The fourth-order valence-corrected chi connectivity index (χ4v) is 2.61. The molecule has 0 bridgehead atoms. The molecule has 152 valence electrons. The van der Waals surface area contributed by atoms with Crippen LogP contribution >= 0.6 is 0 Å². The molecule has 0 saturated heterocycles. The number of hydrazone groups is 1. The summed E-state index contributed by atoms with van der Waals surface area (Å²) >= 11 is 0. The number of hydrogen-bond acceptors (Lipinski definition) is 6. The van der Waals surface area contributed by atoms with Gasteiger partial charge in [-0.05, 0) is 47.9 Å². The van der Waals surface area contributed by atoms with Crippen LogP contribution in [0, 0.1) is 5.92 Å². The van der Waals surface area contributed by atoms with Crippen molar-refractivity contribution >= 4 is 23.9 Å². The van der Waals surface area contributed by atoms with E-state index in [1.165, 1.54) is 18.3 Å². The number of ether oxygens (including phenoxy) is 1. The molecule has 0 aliphatic carbocycles. The molecule has 0 aromatic heterocycles. The second-order valence-electron chi connectivity index (χ2n) is 6.67. The molecule has 0 aliphatic rings. The Morgan fingerprint density at radius 3 is 2.17 bits per heavy atom. The summed E-state index contributed by atoms with van der Waals surface area (Å²) < 4.78 is 5.06. The first-order valence-electron chi connectivity index (χ1n) is 8.95. The van der Waals surface area contributed by atoms with Crippen molar-refractivity contribution in [3.63, 3.8) is 0 Å². The van der Waals surface area contributed by atoms with E-state index in [-0.39, 0.29) is 17.6 Å². The van der Waals surface area contributed by atoms with Gasteiger partial charge < -0.3 is 21.0 Å². The zero-order valence-corrected chi connectivity index (χ0v) is 16.2. The molecule has 0 fully saturated rings. The number of ketones is 1. The van der Waals surface area contributed by atoms with Crippen LogP contribution < -0.4 is 15.9 Å². The van der Waals surface area contributed by atoms with Crippen LogP contribution in [0.15, 0.2) is 53.6 Å². The van der Waals surface area contributed by atoms with Crippen molar-refractivity contribution in [3.05, 3.63) is 65.2 Å². The Morgan fingerprint density at radius 2 is 1.66 bits per heavy atom. The summed E-state index contributed by atoms with van der Waals surface area (Å²) in [7, 11) is 0. The molecule has 4 N–H and O–H groups in total. The Hall–Kier alpha value is -3.68. The van der Waals surface area contributed by atoms with Crippen molar-refractivity contribution in [3.8, 4) is 5.75 Å². The summed E-state index contributed by atoms with van der Waals surface area (Å²) in [5.41, 5.74) is 1.56. The monoisotopic (exact) mass is 397 g/mol. The van der Waals surface area contributed by atoms with E-state index in [4.69, 9.17) is 15.7 Å². The Morgan fingerprint density at radius 1 is 1.07 bits per heavy atom. The number of aliphatic carboxylic acids is 1. The van der Waals surface area contributed by atoms with E-state index in [0.717, 1.165) is 5.56 Å². The van der Waals surface area contributed by atoms with E-state index in [2.05, 4.69) is 10.4 Å². The van der Waals surface area contributed by atoms with E-state index < -0.39 is 18.6 Å². The lowest BCUT2D eigenvalue weighted by Crippen LogP contribution is -2.44. The fraction of sp³-hybridized carbons (Fsp3) is 0.238. The SMILES string of the molecule is CC(C)[C@H](NC(=O)c1ccc(C=NN)cc1)C(=O)c1ccc(OCC(=O)O)cc1. The van der Waals surface area contributed by atoms with E-state index in [1.54, 1.807) is 36.4 Å². The summed E-state index contributed by atoms with van der Waals surface area (Å²) in [5, 5.41) is 14.8. The number of nitrogens with one attached hydrogen (secondary N) is 1. The zero-order chi connectivity index (χ0) is 21.4. The van der Waals surface area contributed by atoms with Crippen LogP contribution in [0.5, 0.6) is 5.75 Å². The Labute approximate surface area is 168 Å². The second kappa shape index (κ2) is 10.0. The minimum Gasteiger partial charge on any atom is -0.482 e. The quantitative estimate of drug-likeness (QED) is 0.257. The maximum Gasteiger partial charge on any atom is 0.341 e. The highest BCUT2D eigenvalue weighted by atomic mass is 16.5. The fourth-order valence-electron chi connectivity index (χ4n) is 2.61. The summed E-state index contributed by atoms with van der Waals surface area (Å²) in [6.07, 6.45) is 1.46. The number of nitrogens with two attached hydrogens (primary N) is 1. The van der Waals surface area contributed by atoms with Crippen LogP contribution in [0.4, 0.5) is 0 Å². The highest BCUT2D eigenvalue weighted by molar-refractivity contribution is 6.04. The average molecular weight is 397 g/mol. The number of nitrogens with zero attached hydrogens (tertiary/aromatic N) is 1. The molecule has 0 unspecified atom stereocenters. The van der Waals surface area contributed by atoms with Crippen molar-refractivity contribution in [1.82, 2.24) is 5.32 Å². The lowest BCUT2D eigenvalue weighted by atomic mass is 9.94. The number of carboxylic acids is 1. The first kappa shape index (κ1) is 21.6. The van der Waals surface area contributed by atoms with Gasteiger partial charge in [-0.1, -0.05) is 26.0 Å². The lowest BCUT2D eigenvalue weighted by Gasteiger charge is -2.21. The zero-order valence-electron chi connectivity index (χ0n) is 16.2. The third kappa shape index (κ3) is 6.17. The Bertz CT molecular complexity index is 890.